The molecule has 0 saturated heterocycles. The maximum Gasteiger partial charge on any atom is 0.137 e. The lowest BCUT2D eigenvalue weighted by Gasteiger charge is -2.18. The Hall–Kier alpha value is -2.53. The van der Waals surface area contributed by atoms with Gasteiger partial charge < -0.3 is 5.32 Å². The summed E-state index contributed by atoms with van der Waals surface area (Å²) in [6, 6.07) is 16.4. The van der Waals surface area contributed by atoms with Crippen LogP contribution in [-0.4, -0.2) is 26.7 Å². The highest BCUT2D eigenvalue weighted by atomic mass is 15.2. The highest BCUT2D eigenvalue weighted by Crippen LogP contribution is 2.19. The second-order valence-electron chi connectivity index (χ2n) is 4.73. The molecule has 2 aromatic heterocycles. The molecule has 1 unspecified atom stereocenters. The molecule has 5 nitrogen and oxygen atoms in total. The van der Waals surface area contributed by atoms with Gasteiger partial charge in [0.15, 0.2) is 0 Å². The summed E-state index contributed by atoms with van der Waals surface area (Å²) in [4.78, 5) is 8.61. The molecular weight excluding hydrogens is 262 g/mol. The van der Waals surface area contributed by atoms with Crippen molar-refractivity contribution in [3.63, 3.8) is 0 Å². The van der Waals surface area contributed by atoms with E-state index in [1.54, 1.807) is 0 Å². The summed E-state index contributed by atoms with van der Waals surface area (Å²) >= 11 is 0. The normalized spacial score (nSPS) is 12.2. The average molecular weight is 279 g/mol. The number of nitrogens with one attached hydrogen (secondary N) is 2. The SMILES string of the molecule is c1ccc(C(NCCc2ncn[nH]2)c2ccccn2)cc1. The van der Waals surface area contributed by atoms with Gasteiger partial charge in [-0.05, 0) is 17.7 Å². The van der Waals surface area contributed by atoms with Crippen molar-refractivity contribution in [3.05, 3.63) is 78.1 Å². The lowest BCUT2D eigenvalue weighted by Crippen LogP contribution is -2.25. The molecule has 3 aromatic rings. The first-order valence-electron chi connectivity index (χ1n) is 6.97. The predicted octanol–water partition coefficient (Wildman–Crippen LogP) is 2.12. The summed E-state index contributed by atoms with van der Waals surface area (Å²) in [6.07, 6.45) is 4.16. The molecule has 0 saturated carbocycles. The number of aromatic amines is 1. The topological polar surface area (TPSA) is 66.5 Å². The molecule has 3 rings (SSSR count). The van der Waals surface area contributed by atoms with Gasteiger partial charge in [0.1, 0.15) is 12.2 Å². The van der Waals surface area contributed by atoms with Crippen molar-refractivity contribution in [1.29, 1.82) is 0 Å². The standard InChI is InChI=1S/C16H17N5/c1-2-6-13(7-3-1)16(14-8-4-5-10-17-14)18-11-9-15-19-12-20-21-15/h1-8,10,12,16,18H,9,11H2,(H,19,20,21). The lowest BCUT2D eigenvalue weighted by atomic mass is 10.0. The fourth-order valence-electron chi connectivity index (χ4n) is 2.27. The Morgan fingerprint density at radius 2 is 1.86 bits per heavy atom. The predicted molar refractivity (Wildman–Crippen MR) is 80.6 cm³/mol. The molecule has 0 radical (unpaired) electrons. The Kier molecular flexibility index (Phi) is 4.33. The Balaban J connectivity index is 1.73. The number of rotatable bonds is 6. The molecule has 1 aromatic carbocycles. The molecule has 0 aliphatic rings. The number of pyridine rings is 1. The van der Waals surface area contributed by atoms with Gasteiger partial charge in [-0.1, -0.05) is 36.4 Å². The van der Waals surface area contributed by atoms with Gasteiger partial charge in [-0.2, -0.15) is 5.10 Å². The molecule has 0 fully saturated rings. The number of H-pyrrole nitrogens is 1. The average Bonchev–Trinajstić information content (AvgIpc) is 3.07. The van der Waals surface area contributed by atoms with Crippen LogP contribution in [0.25, 0.3) is 0 Å². The largest absolute Gasteiger partial charge is 0.305 e. The summed E-state index contributed by atoms with van der Waals surface area (Å²) in [5.74, 6) is 0.885. The minimum atomic E-state index is 0.0790. The Bertz CT molecular complexity index is 597. The van der Waals surface area contributed by atoms with Gasteiger partial charge in [-0.15, -0.1) is 0 Å². The van der Waals surface area contributed by atoms with E-state index in [1.807, 2.05) is 42.6 Å². The van der Waals surface area contributed by atoms with Crippen LogP contribution in [0.4, 0.5) is 0 Å². The first-order valence-corrected chi connectivity index (χ1v) is 6.97. The van der Waals surface area contributed by atoms with Gasteiger partial charge in [0.05, 0.1) is 11.7 Å². The molecule has 1 atom stereocenters. The number of nitrogens with zero attached hydrogens (tertiary/aromatic N) is 3. The molecule has 2 heterocycles. The summed E-state index contributed by atoms with van der Waals surface area (Å²) in [5, 5.41) is 10.3. The van der Waals surface area contributed by atoms with Crippen LogP contribution in [0.15, 0.2) is 61.1 Å². The number of hydrogen-bond donors (Lipinski definition) is 2. The molecule has 5 heteroatoms. The lowest BCUT2D eigenvalue weighted by molar-refractivity contribution is 0.586. The van der Waals surface area contributed by atoms with Gasteiger partial charge in [0, 0.05) is 19.2 Å². The van der Waals surface area contributed by atoms with E-state index in [2.05, 4.69) is 37.6 Å². The van der Waals surface area contributed by atoms with Crippen molar-refractivity contribution >= 4 is 0 Å². The van der Waals surface area contributed by atoms with Gasteiger partial charge in [-0.3, -0.25) is 10.1 Å². The van der Waals surface area contributed by atoms with Gasteiger partial charge in [-0.25, -0.2) is 4.98 Å². The van der Waals surface area contributed by atoms with Crippen molar-refractivity contribution in [2.75, 3.05) is 6.54 Å². The zero-order valence-electron chi connectivity index (χ0n) is 11.6. The van der Waals surface area contributed by atoms with Crippen LogP contribution in [0.1, 0.15) is 23.1 Å². The van der Waals surface area contributed by atoms with Gasteiger partial charge in [0.25, 0.3) is 0 Å². The van der Waals surface area contributed by atoms with E-state index in [1.165, 1.54) is 11.9 Å². The number of aromatic nitrogens is 4. The number of benzene rings is 1. The van der Waals surface area contributed by atoms with Crippen molar-refractivity contribution in [2.24, 2.45) is 0 Å². The molecular formula is C16H17N5. The quantitative estimate of drug-likeness (QED) is 0.725. The Morgan fingerprint density at radius 3 is 2.57 bits per heavy atom. The van der Waals surface area contributed by atoms with Crippen LogP contribution < -0.4 is 5.32 Å². The fourth-order valence-corrected chi connectivity index (χ4v) is 2.27. The molecule has 0 bridgehead atoms. The molecule has 2 N–H and O–H groups in total. The van der Waals surface area contributed by atoms with Crippen LogP contribution in [0.3, 0.4) is 0 Å². The Morgan fingerprint density at radius 1 is 1.00 bits per heavy atom. The minimum absolute atomic E-state index is 0.0790. The van der Waals surface area contributed by atoms with E-state index in [9.17, 15) is 0 Å². The molecule has 0 aliphatic heterocycles. The summed E-state index contributed by atoms with van der Waals surface area (Å²) < 4.78 is 0. The minimum Gasteiger partial charge on any atom is -0.305 e. The molecule has 21 heavy (non-hydrogen) atoms. The zero-order valence-corrected chi connectivity index (χ0v) is 11.6. The third-order valence-corrected chi connectivity index (χ3v) is 3.29. The van der Waals surface area contributed by atoms with Crippen molar-refractivity contribution in [1.82, 2.24) is 25.5 Å². The molecule has 0 aliphatic carbocycles. The van der Waals surface area contributed by atoms with Crippen molar-refractivity contribution in [2.45, 2.75) is 12.5 Å². The Labute approximate surface area is 123 Å². The highest BCUT2D eigenvalue weighted by Gasteiger charge is 2.14. The summed E-state index contributed by atoms with van der Waals surface area (Å²) in [7, 11) is 0. The summed E-state index contributed by atoms with van der Waals surface area (Å²) in [5.41, 5.74) is 2.22. The van der Waals surface area contributed by atoms with E-state index >= 15 is 0 Å². The van der Waals surface area contributed by atoms with Crippen molar-refractivity contribution < 1.29 is 0 Å². The van der Waals surface area contributed by atoms with Crippen molar-refractivity contribution in [3.8, 4) is 0 Å². The smallest absolute Gasteiger partial charge is 0.137 e. The third kappa shape index (κ3) is 3.52. The van der Waals surface area contributed by atoms with Crippen LogP contribution >= 0.6 is 0 Å². The second-order valence-corrected chi connectivity index (χ2v) is 4.73. The summed E-state index contributed by atoms with van der Waals surface area (Å²) in [6.45, 7) is 0.797. The van der Waals surface area contributed by atoms with Gasteiger partial charge in [0.2, 0.25) is 0 Å². The van der Waals surface area contributed by atoms with Crippen LogP contribution in [0.2, 0.25) is 0 Å². The van der Waals surface area contributed by atoms with Crippen LogP contribution in [-0.2, 0) is 6.42 Å². The monoisotopic (exact) mass is 279 g/mol. The van der Waals surface area contributed by atoms with E-state index in [-0.39, 0.29) is 6.04 Å². The first-order chi connectivity index (χ1) is 10.4. The second kappa shape index (κ2) is 6.76. The van der Waals surface area contributed by atoms with E-state index in [4.69, 9.17) is 0 Å². The first kappa shape index (κ1) is 13.5. The molecule has 0 spiro atoms. The van der Waals surface area contributed by atoms with E-state index in [0.29, 0.717) is 0 Å². The third-order valence-electron chi connectivity index (χ3n) is 3.29. The molecule has 0 amide bonds. The van der Waals surface area contributed by atoms with Crippen LogP contribution in [0.5, 0.6) is 0 Å². The van der Waals surface area contributed by atoms with Crippen LogP contribution in [0, 0.1) is 0 Å². The maximum atomic E-state index is 4.47. The molecule has 106 valence electrons. The zero-order chi connectivity index (χ0) is 14.3. The van der Waals surface area contributed by atoms with Gasteiger partial charge >= 0.3 is 0 Å². The number of hydrogen-bond acceptors (Lipinski definition) is 4. The maximum absolute atomic E-state index is 4.47. The fraction of sp³-hybridized carbons (Fsp3) is 0.188. The van der Waals surface area contributed by atoms with E-state index < -0.39 is 0 Å². The van der Waals surface area contributed by atoms with E-state index in [0.717, 1.165) is 24.5 Å². The highest BCUT2D eigenvalue weighted by molar-refractivity contribution is 5.27.